The van der Waals surface area contributed by atoms with Crippen LogP contribution in [-0.2, 0) is 0 Å². The number of aromatic carboxylic acids is 1. The summed E-state index contributed by atoms with van der Waals surface area (Å²) >= 11 is 0. The first-order chi connectivity index (χ1) is 9.08. The van der Waals surface area contributed by atoms with Crippen LogP contribution in [0.1, 0.15) is 55.1 Å². The molecule has 0 amide bonds. The summed E-state index contributed by atoms with van der Waals surface area (Å²) in [5.41, 5.74) is 1.55. The van der Waals surface area contributed by atoms with E-state index >= 15 is 0 Å². The first-order valence-corrected chi connectivity index (χ1v) is 7.15. The highest BCUT2D eigenvalue weighted by atomic mass is 16.4. The third-order valence-electron chi connectivity index (χ3n) is 3.88. The molecule has 0 aromatic heterocycles. The molecule has 0 saturated carbocycles. The van der Waals surface area contributed by atoms with Crippen molar-refractivity contribution in [2.45, 2.75) is 39.2 Å². The van der Waals surface area contributed by atoms with Gasteiger partial charge in [-0.2, -0.15) is 0 Å². The molecule has 1 aromatic carbocycles. The van der Waals surface area contributed by atoms with E-state index in [2.05, 4.69) is 24.8 Å². The fourth-order valence-corrected chi connectivity index (χ4v) is 2.77. The first kappa shape index (κ1) is 14.1. The Kier molecular flexibility index (Phi) is 4.59. The Bertz CT molecular complexity index is 442. The smallest absolute Gasteiger partial charge is 0.335 e. The molecule has 3 nitrogen and oxygen atoms in total. The number of likely N-dealkylation sites (tertiary alicyclic amines) is 1. The number of hydrogen-bond donors (Lipinski definition) is 1. The lowest BCUT2D eigenvalue weighted by molar-refractivity contribution is 0.0696. The van der Waals surface area contributed by atoms with Gasteiger partial charge in [0.15, 0.2) is 0 Å². The lowest BCUT2D eigenvalue weighted by Crippen LogP contribution is -2.25. The summed E-state index contributed by atoms with van der Waals surface area (Å²) in [6.45, 7) is 6.74. The molecular formula is C16H23NO2. The minimum absolute atomic E-state index is 0.396. The van der Waals surface area contributed by atoms with Gasteiger partial charge in [0.25, 0.3) is 0 Å². The molecule has 1 aliphatic rings. The molecule has 1 aliphatic heterocycles. The van der Waals surface area contributed by atoms with Crippen LogP contribution in [0.2, 0.25) is 0 Å². The minimum Gasteiger partial charge on any atom is -0.478 e. The van der Waals surface area contributed by atoms with E-state index < -0.39 is 5.97 Å². The van der Waals surface area contributed by atoms with E-state index in [-0.39, 0.29) is 0 Å². The quantitative estimate of drug-likeness (QED) is 0.881. The number of carboxylic acids is 1. The third kappa shape index (κ3) is 3.57. The van der Waals surface area contributed by atoms with Crippen molar-refractivity contribution in [1.82, 2.24) is 4.90 Å². The first-order valence-electron chi connectivity index (χ1n) is 7.15. The summed E-state index contributed by atoms with van der Waals surface area (Å²) in [5.74, 6) is -0.125. The molecule has 3 heteroatoms. The Morgan fingerprint density at radius 3 is 2.95 bits per heavy atom. The lowest BCUT2D eigenvalue weighted by Gasteiger charge is -2.25. The molecule has 1 saturated heterocycles. The van der Waals surface area contributed by atoms with Crippen LogP contribution < -0.4 is 0 Å². The van der Waals surface area contributed by atoms with Crippen LogP contribution >= 0.6 is 0 Å². The normalized spacial score (nSPS) is 20.1. The van der Waals surface area contributed by atoms with Gasteiger partial charge in [0.2, 0.25) is 0 Å². The maximum atomic E-state index is 11.1. The molecule has 19 heavy (non-hydrogen) atoms. The molecule has 1 atom stereocenters. The largest absolute Gasteiger partial charge is 0.478 e. The number of hydrogen-bond acceptors (Lipinski definition) is 2. The highest BCUT2D eigenvalue weighted by Gasteiger charge is 2.26. The van der Waals surface area contributed by atoms with Crippen LogP contribution in [0, 0.1) is 5.92 Å². The second kappa shape index (κ2) is 6.20. The Labute approximate surface area is 115 Å². The summed E-state index contributed by atoms with van der Waals surface area (Å²) in [6.07, 6.45) is 3.55. The second-order valence-corrected chi connectivity index (χ2v) is 5.81. The molecule has 1 fully saturated rings. The van der Waals surface area contributed by atoms with Crippen molar-refractivity contribution in [3.05, 3.63) is 35.4 Å². The zero-order valence-electron chi connectivity index (χ0n) is 11.8. The van der Waals surface area contributed by atoms with Gasteiger partial charge in [-0.25, -0.2) is 4.79 Å². The van der Waals surface area contributed by atoms with Crippen molar-refractivity contribution < 1.29 is 9.90 Å². The zero-order chi connectivity index (χ0) is 13.8. The second-order valence-electron chi connectivity index (χ2n) is 5.81. The van der Waals surface area contributed by atoms with Crippen LogP contribution in [0.4, 0.5) is 0 Å². The Morgan fingerprint density at radius 2 is 2.26 bits per heavy atom. The fourth-order valence-electron chi connectivity index (χ4n) is 2.77. The number of carbonyl (C=O) groups is 1. The van der Waals surface area contributed by atoms with E-state index in [9.17, 15) is 4.79 Å². The fraction of sp³-hybridized carbons (Fsp3) is 0.562. The van der Waals surface area contributed by atoms with Gasteiger partial charge in [-0.1, -0.05) is 26.0 Å². The predicted molar refractivity (Wildman–Crippen MR) is 76.4 cm³/mol. The van der Waals surface area contributed by atoms with E-state index in [1.165, 1.54) is 12.8 Å². The van der Waals surface area contributed by atoms with Crippen LogP contribution in [0.3, 0.4) is 0 Å². The molecule has 1 heterocycles. The van der Waals surface area contributed by atoms with Crippen molar-refractivity contribution in [3.8, 4) is 0 Å². The average Bonchev–Trinajstić information content (AvgIpc) is 2.84. The Hall–Kier alpha value is -1.35. The molecule has 1 aromatic rings. The number of carboxylic acid groups (broad SMARTS) is 1. The Morgan fingerprint density at radius 1 is 1.47 bits per heavy atom. The zero-order valence-corrected chi connectivity index (χ0v) is 11.8. The molecule has 2 rings (SSSR count). The van der Waals surface area contributed by atoms with Crippen LogP contribution in [0.5, 0.6) is 0 Å². The maximum absolute atomic E-state index is 11.1. The van der Waals surface area contributed by atoms with Gasteiger partial charge < -0.3 is 5.11 Å². The standard InChI is InChI=1S/C16H23NO2/c1-12(2)8-10-17-9-4-7-15(17)13-5-3-6-14(11-13)16(18)19/h3,5-6,11-12,15H,4,7-10H2,1-2H3,(H,18,19). The highest BCUT2D eigenvalue weighted by molar-refractivity contribution is 5.87. The average molecular weight is 261 g/mol. The molecule has 1 N–H and O–H groups in total. The van der Waals surface area contributed by atoms with Crippen molar-refractivity contribution >= 4 is 5.97 Å². The summed E-state index contributed by atoms with van der Waals surface area (Å²) in [6, 6.07) is 7.82. The monoisotopic (exact) mass is 261 g/mol. The molecule has 1 unspecified atom stereocenters. The molecule has 104 valence electrons. The molecule has 0 aliphatic carbocycles. The maximum Gasteiger partial charge on any atom is 0.335 e. The van der Waals surface area contributed by atoms with Crippen LogP contribution in [-0.4, -0.2) is 29.1 Å². The summed E-state index contributed by atoms with van der Waals surface area (Å²) in [5, 5.41) is 9.08. The third-order valence-corrected chi connectivity index (χ3v) is 3.88. The van der Waals surface area contributed by atoms with Gasteiger partial charge >= 0.3 is 5.97 Å². The van der Waals surface area contributed by atoms with Crippen LogP contribution in [0.25, 0.3) is 0 Å². The number of nitrogens with zero attached hydrogens (tertiary/aromatic N) is 1. The van der Waals surface area contributed by atoms with Crippen molar-refractivity contribution in [1.29, 1.82) is 0 Å². The van der Waals surface area contributed by atoms with E-state index in [4.69, 9.17) is 5.11 Å². The summed E-state index contributed by atoms with van der Waals surface area (Å²) in [4.78, 5) is 13.6. The van der Waals surface area contributed by atoms with Gasteiger partial charge in [-0.15, -0.1) is 0 Å². The minimum atomic E-state index is -0.839. The molecular weight excluding hydrogens is 238 g/mol. The number of benzene rings is 1. The van der Waals surface area contributed by atoms with Gasteiger partial charge in [0, 0.05) is 6.04 Å². The van der Waals surface area contributed by atoms with Gasteiger partial charge in [-0.3, -0.25) is 4.90 Å². The predicted octanol–water partition coefficient (Wildman–Crippen LogP) is 3.57. The van der Waals surface area contributed by atoms with Gasteiger partial charge in [0.1, 0.15) is 0 Å². The topological polar surface area (TPSA) is 40.5 Å². The van der Waals surface area contributed by atoms with Gasteiger partial charge in [-0.05, 0) is 56.0 Å². The summed E-state index contributed by atoms with van der Waals surface area (Å²) < 4.78 is 0. The number of rotatable bonds is 5. The van der Waals surface area contributed by atoms with E-state index in [1.54, 1.807) is 6.07 Å². The summed E-state index contributed by atoms with van der Waals surface area (Å²) in [7, 11) is 0. The SMILES string of the molecule is CC(C)CCN1CCCC1c1cccc(C(=O)O)c1. The van der Waals surface area contributed by atoms with E-state index in [0.29, 0.717) is 17.5 Å². The Balaban J connectivity index is 2.11. The molecule has 0 bridgehead atoms. The van der Waals surface area contributed by atoms with Crippen molar-refractivity contribution in [2.24, 2.45) is 5.92 Å². The molecule has 0 spiro atoms. The molecule has 0 radical (unpaired) electrons. The van der Waals surface area contributed by atoms with Crippen molar-refractivity contribution in [2.75, 3.05) is 13.1 Å². The highest BCUT2D eigenvalue weighted by Crippen LogP contribution is 2.32. The van der Waals surface area contributed by atoms with Crippen LogP contribution in [0.15, 0.2) is 24.3 Å². The van der Waals surface area contributed by atoms with E-state index in [1.807, 2.05) is 12.1 Å². The van der Waals surface area contributed by atoms with Crippen molar-refractivity contribution in [3.63, 3.8) is 0 Å². The van der Waals surface area contributed by atoms with Gasteiger partial charge in [0.05, 0.1) is 5.56 Å². The van der Waals surface area contributed by atoms with E-state index in [0.717, 1.165) is 25.1 Å². The lowest BCUT2D eigenvalue weighted by atomic mass is 10.0.